The number of nitrogens with two attached hydrogens (primary N) is 2. The minimum atomic E-state index is -1.06. The zero-order valence-corrected chi connectivity index (χ0v) is 10.6. The molecule has 6 heteroatoms. The van der Waals surface area contributed by atoms with E-state index in [1.165, 1.54) is 24.3 Å². The minimum Gasteiger partial charge on any atom is -0.478 e. The van der Waals surface area contributed by atoms with Gasteiger partial charge in [-0.1, -0.05) is 13.8 Å². The van der Waals surface area contributed by atoms with Crippen molar-refractivity contribution in [1.82, 2.24) is 0 Å². The lowest BCUT2D eigenvalue weighted by Crippen LogP contribution is -1.99. The molecule has 0 unspecified atom stereocenters. The van der Waals surface area contributed by atoms with Crippen molar-refractivity contribution in [3.63, 3.8) is 0 Å². The molecule has 6 nitrogen and oxygen atoms in total. The summed E-state index contributed by atoms with van der Waals surface area (Å²) in [4.78, 5) is 20.7. The third-order valence-corrected chi connectivity index (χ3v) is 1.38. The SMILES string of the molecule is CCN.CCN.O=C(O)c1ccc(C(=O)O)cc1. The highest BCUT2D eigenvalue weighted by molar-refractivity contribution is 5.91. The minimum absolute atomic E-state index is 0.0833. The van der Waals surface area contributed by atoms with Crippen molar-refractivity contribution < 1.29 is 19.8 Å². The molecule has 0 spiro atoms. The van der Waals surface area contributed by atoms with E-state index >= 15 is 0 Å². The monoisotopic (exact) mass is 256 g/mol. The van der Waals surface area contributed by atoms with Crippen LogP contribution in [-0.4, -0.2) is 35.2 Å². The third-order valence-electron chi connectivity index (χ3n) is 1.38. The van der Waals surface area contributed by atoms with Crippen molar-refractivity contribution in [2.45, 2.75) is 13.8 Å². The van der Waals surface area contributed by atoms with Gasteiger partial charge in [-0.05, 0) is 37.4 Å². The van der Waals surface area contributed by atoms with Gasteiger partial charge in [-0.3, -0.25) is 0 Å². The lowest BCUT2D eigenvalue weighted by molar-refractivity contribution is 0.0681. The Labute approximate surface area is 106 Å². The van der Waals surface area contributed by atoms with E-state index in [0.717, 1.165) is 13.1 Å². The largest absolute Gasteiger partial charge is 0.478 e. The molecule has 1 aromatic carbocycles. The molecule has 0 fully saturated rings. The lowest BCUT2D eigenvalue weighted by atomic mass is 10.1. The van der Waals surface area contributed by atoms with Crippen LogP contribution >= 0.6 is 0 Å². The molecule has 0 aromatic heterocycles. The quantitative estimate of drug-likeness (QED) is 0.625. The van der Waals surface area contributed by atoms with Gasteiger partial charge in [-0.25, -0.2) is 9.59 Å². The predicted octanol–water partition coefficient (Wildman–Crippen LogP) is 1.01. The molecule has 0 bridgehead atoms. The van der Waals surface area contributed by atoms with Gasteiger partial charge < -0.3 is 21.7 Å². The molecule has 0 atom stereocenters. The highest BCUT2D eigenvalue weighted by Gasteiger charge is 2.04. The number of carboxylic acids is 2. The summed E-state index contributed by atoms with van der Waals surface area (Å²) in [5.41, 5.74) is 9.86. The number of aromatic carboxylic acids is 2. The fourth-order valence-electron chi connectivity index (χ4n) is 0.755. The van der Waals surface area contributed by atoms with Crippen molar-refractivity contribution in [2.75, 3.05) is 13.1 Å². The van der Waals surface area contributed by atoms with Crippen LogP contribution in [0.2, 0.25) is 0 Å². The summed E-state index contributed by atoms with van der Waals surface area (Å²) >= 11 is 0. The van der Waals surface area contributed by atoms with Gasteiger partial charge in [0.2, 0.25) is 0 Å². The average Bonchev–Trinajstić information content (AvgIpc) is 2.31. The van der Waals surface area contributed by atoms with Gasteiger partial charge in [0.15, 0.2) is 0 Å². The molecule has 18 heavy (non-hydrogen) atoms. The maximum absolute atomic E-state index is 10.3. The summed E-state index contributed by atoms with van der Waals surface area (Å²) in [7, 11) is 0. The summed E-state index contributed by atoms with van der Waals surface area (Å²) in [6, 6.07) is 5.02. The molecule has 0 amide bonds. The molecular weight excluding hydrogens is 236 g/mol. The normalized spacial score (nSPS) is 8.22. The molecule has 1 aromatic rings. The zero-order valence-electron chi connectivity index (χ0n) is 10.6. The molecule has 0 heterocycles. The number of carboxylic acid groups (broad SMARTS) is 2. The van der Waals surface area contributed by atoms with E-state index in [4.69, 9.17) is 21.7 Å². The topological polar surface area (TPSA) is 127 Å². The number of benzene rings is 1. The zero-order chi connectivity index (χ0) is 14.6. The number of carbonyl (C=O) groups is 2. The second-order valence-corrected chi connectivity index (χ2v) is 3.00. The Kier molecular flexibility index (Phi) is 11.8. The first-order valence-corrected chi connectivity index (χ1v) is 5.41. The Morgan fingerprint density at radius 3 is 1.17 bits per heavy atom. The molecule has 0 saturated heterocycles. The molecule has 0 aliphatic rings. The van der Waals surface area contributed by atoms with Crippen molar-refractivity contribution >= 4 is 11.9 Å². The van der Waals surface area contributed by atoms with Crippen LogP contribution in [0.1, 0.15) is 34.6 Å². The number of rotatable bonds is 2. The van der Waals surface area contributed by atoms with E-state index in [9.17, 15) is 9.59 Å². The van der Waals surface area contributed by atoms with Crippen LogP contribution in [0.25, 0.3) is 0 Å². The highest BCUT2D eigenvalue weighted by Crippen LogP contribution is 2.03. The first-order valence-electron chi connectivity index (χ1n) is 5.41. The van der Waals surface area contributed by atoms with Crippen molar-refractivity contribution in [3.05, 3.63) is 35.4 Å². The standard InChI is InChI=1S/C8H6O4.2C2H7N/c9-7(10)5-1-2-6(4-3-5)8(11)12;2*1-2-3/h1-4H,(H,9,10)(H,11,12);2*2-3H2,1H3. The van der Waals surface area contributed by atoms with Crippen LogP contribution in [0, 0.1) is 0 Å². The van der Waals surface area contributed by atoms with Crippen LogP contribution in [0.3, 0.4) is 0 Å². The van der Waals surface area contributed by atoms with E-state index in [1.807, 2.05) is 13.8 Å². The first kappa shape index (κ1) is 18.4. The smallest absolute Gasteiger partial charge is 0.335 e. The Bertz CT molecular complexity index is 315. The van der Waals surface area contributed by atoms with Gasteiger partial charge >= 0.3 is 11.9 Å². The molecule has 1 rings (SSSR count). The summed E-state index contributed by atoms with van der Waals surface area (Å²) < 4.78 is 0. The summed E-state index contributed by atoms with van der Waals surface area (Å²) in [6.07, 6.45) is 0. The van der Waals surface area contributed by atoms with Gasteiger partial charge in [-0.2, -0.15) is 0 Å². The maximum Gasteiger partial charge on any atom is 0.335 e. The molecule has 102 valence electrons. The Morgan fingerprint density at radius 1 is 0.889 bits per heavy atom. The van der Waals surface area contributed by atoms with E-state index in [1.54, 1.807) is 0 Å². The third kappa shape index (κ3) is 9.32. The lowest BCUT2D eigenvalue weighted by Gasteiger charge is -1.94. The molecule has 0 aliphatic heterocycles. The van der Waals surface area contributed by atoms with Crippen LogP contribution in [0.4, 0.5) is 0 Å². The van der Waals surface area contributed by atoms with Gasteiger partial charge in [0, 0.05) is 0 Å². The Hall–Kier alpha value is -1.92. The molecule has 0 radical (unpaired) electrons. The molecule has 0 aliphatic carbocycles. The molecular formula is C12H20N2O4. The summed E-state index contributed by atoms with van der Waals surface area (Å²) in [6.45, 7) is 5.31. The van der Waals surface area contributed by atoms with Gasteiger partial charge in [0.1, 0.15) is 0 Å². The fraction of sp³-hybridized carbons (Fsp3) is 0.333. The van der Waals surface area contributed by atoms with E-state index < -0.39 is 11.9 Å². The number of hydrogen-bond acceptors (Lipinski definition) is 4. The summed E-state index contributed by atoms with van der Waals surface area (Å²) in [5, 5.41) is 16.9. The Morgan fingerprint density at radius 2 is 1.06 bits per heavy atom. The average molecular weight is 256 g/mol. The van der Waals surface area contributed by atoms with E-state index in [0.29, 0.717) is 0 Å². The fourth-order valence-corrected chi connectivity index (χ4v) is 0.755. The highest BCUT2D eigenvalue weighted by atomic mass is 16.4. The first-order chi connectivity index (χ1) is 8.44. The maximum atomic E-state index is 10.3. The van der Waals surface area contributed by atoms with Crippen molar-refractivity contribution in [2.24, 2.45) is 11.5 Å². The van der Waals surface area contributed by atoms with Crippen LogP contribution in [0.5, 0.6) is 0 Å². The predicted molar refractivity (Wildman–Crippen MR) is 69.8 cm³/mol. The van der Waals surface area contributed by atoms with Gasteiger partial charge in [-0.15, -0.1) is 0 Å². The Balaban J connectivity index is 0. The van der Waals surface area contributed by atoms with Crippen LogP contribution in [-0.2, 0) is 0 Å². The van der Waals surface area contributed by atoms with Gasteiger partial charge in [0.05, 0.1) is 11.1 Å². The second-order valence-electron chi connectivity index (χ2n) is 3.00. The van der Waals surface area contributed by atoms with Crippen molar-refractivity contribution in [1.29, 1.82) is 0 Å². The van der Waals surface area contributed by atoms with Gasteiger partial charge in [0.25, 0.3) is 0 Å². The van der Waals surface area contributed by atoms with Crippen LogP contribution in [0.15, 0.2) is 24.3 Å². The second kappa shape index (κ2) is 11.6. The van der Waals surface area contributed by atoms with E-state index in [2.05, 4.69) is 0 Å². The summed E-state index contributed by atoms with van der Waals surface area (Å²) in [5.74, 6) is -2.13. The van der Waals surface area contributed by atoms with Crippen molar-refractivity contribution in [3.8, 4) is 0 Å². The molecule has 6 N–H and O–H groups in total. The van der Waals surface area contributed by atoms with Crippen LogP contribution < -0.4 is 11.5 Å². The number of hydrogen-bond donors (Lipinski definition) is 4. The van der Waals surface area contributed by atoms with E-state index in [-0.39, 0.29) is 11.1 Å². The molecule has 0 saturated carbocycles.